The molecule has 0 saturated carbocycles. The second kappa shape index (κ2) is 8.78. The molecule has 0 amide bonds. The zero-order valence-corrected chi connectivity index (χ0v) is 15.8. The highest BCUT2D eigenvalue weighted by atomic mass is 35.5. The Labute approximate surface area is 153 Å². The van der Waals surface area contributed by atoms with Crippen LogP contribution in [0.1, 0.15) is 22.8 Å². The first-order chi connectivity index (χ1) is 11.8. The van der Waals surface area contributed by atoms with E-state index in [2.05, 4.69) is 4.72 Å². The molecule has 2 aromatic carbocycles. The van der Waals surface area contributed by atoms with E-state index in [-0.39, 0.29) is 24.7 Å². The zero-order valence-electron chi connectivity index (χ0n) is 14.2. The Balaban J connectivity index is 2.15. The van der Waals surface area contributed by atoms with Gasteiger partial charge in [-0.05, 0) is 37.1 Å². The number of hydrogen-bond donors (Lipinski definition) is 2. The Morgan fingerprint density at radius 2 is 1.84 bits per heavy atom. The van der Waals surface area contributed by atoms with Crippen molar-refractivity contribution in [2.75, 3.05) is 19.8 Å². The van der Waals surface area contributed by atoms with Gasteiger partial charge >= 0.3 is 0 Å². The van der Waals surface area contributed by atoms with Crippen LogP contribution in [0.25, 0.3) is 0 Å². The third kappa shape index (κ3) is 5.52. The van der Waals surface area contributed by atoms with Gasteiger partial charge in [-0.25, -0.2) is 13.1 Å². The fourth-order valence-electron chi connectivity index (χ4n) is 2.26. The summed E-state index contributed by atoms with van der Waals surface area (Å²) in [5.74, 6) is 0. The molecule has 0 heterocycles. The largest absolute Gasteiger partial charge is 0.394 e. The smallest absolute Gasteiger partial charge is 0.240 e. The van der Waals surface area contributed by atoms with Gasteiger partial charge in [0.25, 0.3) is 0 Å². The average molecular weight is 384 g/mol. The molecule has 0 bridgehead atoms. The monoisotopic (exact) mass is 383 g/mol. The molecular weight excluding hydrogens is 362 g/mol. The van der Waals surface area contributed by atoms with Crippen molar-refractivity contribution in [3.8, 4) is 0 Å². The summed E-state index contributed by atoms with van der Waals surface area (Å²) in [6.07, 6.45) is -0.497. The van der Waals surface area contributed by atoms with Crippen LogP contribution in [0.3, 0.4) is 0 Å². The summed E-state index contributed by atoms with van der Waals surface area (Å²) >= 11 is 6.02. The molecular formula is C18H22ClNO4S. The summed E-state index contributed by atoms with van der Waals surface area (Å²) in [5.41, 5.74) is 2.74. The van der Waals surface area contributed by atoms with E-state index < -0.39 is 16.1 Å². The summed E-state index contributed by atoms with van der Waals surface area (Å²) in [4.78, 5) is 0.105. The molecule has 25 heavy (non-hydrogen) atoms. The molecule has 0 fully saturated rings. The Kier molecular flexibility index (Phi) is 6.98. The second-order valence-corrected chi connectivity index (χ2v) is 7.93. The fourth-order valence-corrected chi connectivity index (χ4v) is 3.56. The van der Waals surface area contributed by atoms with Crippen LogP contribution in [0.2, 0.25) is 5.02 Å². The molecule has 136 valence electrons. The molecule has 0 spiro atoms. The van der Waals surface area contributed by atoms with Crippen LogP contribution in [0.4, 0.5) is 0 Å². The lowest BCUT2D eigenvalue weighted by Crippen LogP contribution is -2.30. The van der Waals surface area contributed by atoms with E-state index in [1.54, 1.807) is 6.07 Å². The zero-order chi connectivity index (χ0) is 18.4. The maximum absolute atomic E-state index is 12.5. The van der Waals surface area contributed by atoms with Crippen LogP contribution >= 0.6 is 11.6 Å². The molecule has 7 heteroatoms. The number of halogens is 1. The molecule has 0 aliphatic rings. The first-order valence-electron chi connectivity index (χ1n) is 7.88. The predicted octanol–water partition coefficient (Wildman–Crippen LogP) is 2.99. The van der Waals surface area contributed by atoms with Gasteiger partial charge in [0, 0.05) is 11.6 Å². The lowest BCUT2D eigenvalue weighted by molar-refractivity contribution is 0.0309. The number of rotatable bonds is 8. The quantitative estimate of drug-likeness (QED) is 0.734. The van der Waals surface area contributed by atoms with E-state index in [0.29, 0.717) is 5.02 Å². The molecule has 0 radical (unpaired) electrons. The number of hydrogen-bond acceptors (Lipinski definition) is 4. The van der Waals surface area contributed by atoms with Crippen LogP contribution < -0.4 is 4.72 Å². The SMILES string of the molecule is Cc1ccc(C(CNS(=O)(=O)c2ccc(C)c(Cl)c2)OCCO)cc1. The van der Waals surface area contributed by atoms with Gasteiger partial charge in [-0.2, -0.15) is 0 Å². The van der Waals surface area contributed by atoms with Gasteiger partial charge in [-0.3, -0.25) is 0 Å². The number of sulfonamides is 1. The highest BCUT2D eigenvalue weighted by Gasteiger charge is 2.19. The van der Waals surface area contributed by atoms with E-state index in [1.807, 2.05) is 38.1 Å². The number of aliphatic hydroxyl groups is 1. The van der Waals surface area contributed by atoms with E-state index in [0.717, 1.165) is 16.7 Å². The summed E-state index contributed by atoms with van der Waals surface area (Å²) in [6.45, 7) is 3.82. The Hall–Kier alpha value is -1.44. The highest BCUT2D eigenvalue weighted by molar-refractivity contribution is 7.89. The minimum absolute atomic E-state index is 0.0525. The lowest BCUT2D eigenvalue weighted by atomic mass is 10.1. The average Bonchev–Trinajstić information content (AvgIpc) is 2.58. The standard InChI is InChI=1S/C18H22ClNO4S/c1-13-3-6-15(7-4-13)18(24-10-9-21)12-20-25(22,23)16-8-5-14(2)17(19)11-16/h3-8,11,18,20-21H,9-10,12H2,1-2H3. The van der Waals surface area contributed by atoms with Crippen molar-refractivity contribution in [2.24, 2.45) is 0 Å². The minimum atomic E-state index is -3.71. The molecule has 1 unspecified atom stereocenters. The summed E-state index contributed by atoms with van der Waals surface area (Å²) in [5, 5.41) is 9.39. The van der Waals surface area contributed by atoms with E-state index >= 15 is 0 Å². The van der Waals surface area contributed by atoms with Crippen molar-refractivity contribution in [3.63, 3.8) is 0 Å². The van der Waals surface area contributed by atoms with Gasteiger partial charge in [0.2, 0.25) is 10.0 Å². The molecule has 1 atom stereocenters. The van der Waals surface area contributed by atoms with Crippen molar-refractivity contribution < 1.29 is 18.3 Å². The number of ether oxygens (including phenoxy) is 1. The molecule has 0 aromatic heterocycles. The Bertz CT molecular complexity index is 806. The maximum atomic E-state index is 12.5. The van der Waals surface area contributed by atoms with Crippen LogP contribution in [0, 0.1) is 13.8 Å². The van der Waals surface area contributed by atoms with Crippen molar-refractivity contribution in [2.45, 2.75) is 24.8 Å². The van der Waals surface area contributed by atoms with Gasteiger partial charge in [-0.15, -0.1) is 0 Å². The van der Waals surface area contributed by atoms with E-state index in [4.69, 9.17) is 21.4 Å². The predicted molar refractivity (Wildman–Crippen MR) is 98.3 cm³/mol. The van der Waals surface area contributed by atoms with Crippen LogP contribution in [0.5, 0.6) is 0 Å². The second-order valence-electron chi connectivity index (χ2n) is 5.76. The molecule has 2 aromatic rings. The molecule has 0 aliphatic heterocycles. The molecule has 5 nitrogen and oxygen atoms in total. The fraction of sp³-hybridized carbons (Fsp3) is 0.333. The Morgan fingerprint density at radius 1 is 1.16 bits per heavy atom. The highest BCUT2D eigenvalue weighted by Crippen LogP contribution is 2.21. The van der Waals surface area contributed by atoms with Gasteiger partial charge in [0.05, 0.1) is 24.2 Å². The van der Waals surface area contributed by atoms with Crippen molar-refractivity contribution in [3.05, 3.63) is 64.2 Å². The van der Waals surface area contributed by atoms with Crippen molar-refractivity contribution in [1.29, 1.82) is 0 Å². The van der Waals surface area contributed by atoms with Crippen molar-refractivity contribution >= 4 is 21.6 Å². The topological polar surface area (TPSA) is 75.6 Å². The minimum Gasteiger partial charge on any atom is -0.394 e. The lowest BCUT2D eigenvalue weighted by Gasteiger charge is -2.19. The maximum Gasteiger partial charge on any atom is 0.240 e. The summed E-state index contributed by atoms with van der Waals surface area (Å²) in [7, 11) is -3.71. The first-order valence-corrected chi connectivity index (χ1v) is 9.74. The first kappa shape index (κ1) is 19.9. The van der Waals surface area contributed by atoms with E-state index in [1.165, 1.54) is 12.1 Å². The summed E-state index contributed by atoms with van der Waals surface area (Å²) in [6, 6.07) is 12.2. The van der Waals surface area contributed by atoms with Gasteiger partial charge in [0.15, 0.2) is 0 Å². The number of benzene rings is 2. The number of nitrogens with one attached hydrogen (secondary N) is 1. The van der Waals surface area contributed by atoms with Crippen LogP contribution in [-0.2, 0) is 14.8 Å². The molecule has 2 rings (SSSR count). The van der Waals surface area contributed by atoms with Gasteiger partial charge in [-0.1, -0.05) is 47.5 Å². The molecule has 0 saturated heterocycles. The third-order valence-electron chi connectivity index (χ3n) is 3.77. The normalized spacial score (nSPS) is 13.0. The van der Waals surface area contributed by atoms with Crippen LogP contribution in [0.15, 0.2) is 47.4 Å². The van der Waals surface area contributed by atoms with Crippen LogP contribution in [-0.4, -0.2) is 33.3 Å². The van der Waals surface area contributed by atoms with Gasteiger partial charge in [0.1, 0.15) is 0 Å². The number of aryl methyl sites for hydroxylation is 2. The third-order valence-corrected chi connectivity index (χ3v) is 5.60. The molecule has 0 aliphatic carbocycles. The summed E-state index contributed by atoms with van der Waals surface area (Å²) < 4.78 is 33.1. The van der Waals surface area contributed by atoms with Crippen molar-refractivity contribution in [1.82, 2.24) is 4.72 Å². The number of aliphatic hydroxyl groups excluding tert-OH is 1. The Morgan fingerprint density at radius 3 is 2.44 bits per heavy atom. The van der Waals surface area contributed by atoms with Gasteiger partial charge < -0.3 is 9.84 Å². The molecule has 2 N–H and O–H groups in total. The van der Waals surface area contributed by atoms with E-state index in [9.17, 15) is 8.42 Å².